The van der Waals surface area contributed by atoms with Crippen LogP contribution in [0, 0.1) is 18.3 Å². The van der Waals surface area contributed by atoms with Crippen molar-refractivity contribution in [1.29, 1.82) is 0 Å². The summed E-state index contributed by atoms with van der Waals surface area (Å²) in [5, 5.41) is 0. The van der Waals surface area contributed by atoms with Crippen LogP contribution in [-0.4, -0.2) is 25.5 Å². The fraction of sp³-hybridized carbons (Fsp3) is 0.412. The molecule has 0 radical (unpaired) electrons. The Morgan fingerprint density at radius 3 is 2.48 bits per heavy atom. The molecule has 1 aromatic carbocycles. The summed E-state index contributed by atoms with van der Waals surface area (Å²) in [4.78, 5) is 24.4. The van der Waals surface area contributed by atoms with Gasteiger partial charge >= 0.3 is 5.97 Å². The van der Waals surface area contributed by atoms with E-state index in [1.807, 2.05) is 0 Å². The van der Waals surface area contributed by atoms with Crippen molar-refractivity contribution in [2.75, 3.05) is 13.7 Å². The van der Waals surface area contributed by atoms with Gasteiger partial charge in [-0.25, -0.2) is 0 Å². The number of hydrogen-bond acceptors (Lipinski definition) is 4. The maximum Gasteiger partial charge on any atom is 0.316 e. The number of methoxy groups -OCH3 is 1. The van der Waals surface area contributed by atoms with E-state index in [2.05, 4.69) is 5.92 Å². The Morgan fingerprint density at radius 1 is 1.29 bits per heavy atom. The zero-order valence-corrected chi connectivity index (χ0v) is 12.4. The van der Waals surface area contributed by atoms with E-state index in [0.717, 1.165) is 0 Å². The van der Waals surface area contributed by atoms with Gasteiger partial charge in [-0.1, -0.05) is 0 Å². The van der Waals surface area contributed by atoms with Crippen molar-refractivity contribution in [2.24, 2.45) is 5.92 Å². The molecular weight excluding hydrogens is 268 g/mol. The van der Waals surface area contributed by atoms with E-state index in [-0.39, 0.29) is 12.4 Å². The van der Waals surface area contributed by atoms with Crippen molar-refractivity contribution in [3.8, 4) is 18.1 Å². The second-order valence-corrected chi connectivity index (χ2v) is 4.49. The Kier molecular flexibility index (Phi) is 7.03. The second-order valence-electron chi connectivity index (χ2n) is 4.49. The number of terminal acetylenes is 1. The smallest absolute Gasteiger partial charge is 0.316 e. The van der Waals surface area contributed by atoms with Gasteiger partial charge in [0.2, 0.25) is 0 Å². The number of carbonyl (C=O) groups is 2. The lowest BCUT2D eigenvalue weighted by molar-refractivity contribution is -0.146. The number of unbranched alkanes of at least 4 members (excludes halogenated alkanes) is 1. The molecule has 1 aromatic rings. The van der Waals surface area contributed by atoms with Crippen LogP contribution in [-0.2, 0) is 9.53 Å². The normalized spacial score (nSPS) is 11.3. The fourth-order valence-electron chi connectivity index (χ4n) is 1.96. The van der Waals surface area contributed by atoms with Crippen molar-refractivity contribution in [2.45, 2.75) is 26.2 Å². The molecule has 0 amide bonds. The minimum absolute atomic E-state index is 0.242. The number of rotatable bonds is 8. The van der Waals surface area contributed by atoms with Crippen molar-refractivity contribution in [3.05, 3.63) is 29.8 Å². The Bertz CT molecular complexity index is 511. The lowest BCUT2D eigenvalue weighted by atomic mass is 9.92. The first-order chi connectivity index (χ1) is 10.1. The van der Waals surface area contributed by atoms with Crippen LogP contribution < -0.4 is 4.74 Å². The number of ether oxygens (including phenoxy) is 2. The molecule has 4 nitrogen and oxygen atoms in total. The molecule has 112 valence electrons. The molecule has 0 aliphatic heterocycles. The van der Waals surface area contributed by atoms with Gasteiger partial charge in [0.25, 0.3) is 0 Å². The SMILES string of the molecule is C#CCCCC(C(=O)OCC)C(=O)c1ccc(OC)cc1. The van der Waals surface area contributed by atoms with Crippen molar-refractivity contribution >= 4 is 11.8 Å². The monoisotopic (exact) mass is 288 g/mol. The zero-order chi connectivity index (χ0) is 15.7. The lowest BCUT2D eigenvalue weighted by Gasteiger charge is -2.14. The van der Waals surface area contributed by atoms with Gasteiger partial charge in [0.05, 0.1) is 13.7 Å². The molecule has 0 aromatic heterocycles. The Morgan fingerprint density at radius 2 is 1.95 bits per heavy atom. The van der Waals surface area contributed by atoms with Crippen LogP contribution in [0.25, 0.3) is 0 Å². The summed E-state index contributed by atoms with van der Waals surface area (Å²) in [5.41, 5.74) is 0.467. The highest BCUT2D eigenvalue weighted by Crippen LogP contribution is 2.19. The average Bonchev–Trinajstić information content (AvgIpc) is 2.51. The largest absolute Gasteiger partial charge is 0.497 e. The molecule has 0 spiro atoms. The van der Waals surface area contributed by atoms with Gasteiger partial charge in [0.1, 0.15) is 11.7 Å². The van der Waals surface area contributed by atoms with E-state index in [0.29, 0.717) is 30.6 Å². The summed E-state index contributed by atoms with van der Waals surface area (Å²) in [5.74, 6) is 1.63. The fourth-order valence-corrected chi connectivity index (χ4v) is 1.96. The van der Waals surface area contributed by atoms with Gasteiger partial charge in [-0.05, 0) is 44.0 Å². The summed E-state index contributed by atoms with van der Waals surface area (Å²) < 4.78 is 10.0. The standard InChI is InChI=1S/C17H20O4/c1-4-6-7-8-15(17(19)21-5-2)16(18)13-9-11-14(20-3)12-10-13/h1,9-12,15H,5-8H2,2-3H3. The minimum Gasteiger partial charge on any atom is -0.497 e. The van der Waals surface area contributed by atoms with E-state index in [4.69, 9.17) is 15.9 Å². The molecule has 0 bridgehead atoms. The molecular formula is C17H20O4. The highest BCUT2D eigenvalue weighted by Gasteiger charge is 2.28. The molecule has 0 fully saturated rings. The predicted molar refractivity (Wildman–Crippen MR) is 80.1 cm³/mol. The third-order valence-corrected chi connectivity index (χ3v) is 3.08. The van der Waals surface area contributed by atoms with Gasteiger partial charge in [0.15, 0.2) is 5.78 Å². The lowest BCUT2D eigenvalue weighted by Crippen LogP contribution is -2.26. The number of hydrogen-bond donors (Lipinski definition) is 0. The van der Waals surface area contributed by atoms with Gasteiger partial charge in [-0.2, -0.15) is 0 Å². The molecule has 4 heteroatoms. The predicted octanol–water partition coefficient (Wildman–Crippen LogP) is 2.86. The van der Waals surface area contributed by atoms with Gasteiger partial charge in [0, 0.05) is 12.0 Å². The molecule has 1 atom stereocenters. The average molecular weight is 288 g/mol. The quantitative estimate of drug-likeness (QED) is 0.243. The van der Waals surface area contributed by atoms with Gasteiger partial charge in [-0.15, -0.1) is 12.3 Å². The summed E-state index contributed by atoms with van der Waals surface area (Å²) in [6.07, 6.45) is 6.75. The Labute approximate surface area is 125 Å². The molecule has 21 heavy (non-hydrogen) atoms. The highest BCUT2D eigenvalue weighted by atomic mass is 16.5. The van der Waals surface area contributed by atoms with E-state index >= 15 is 0 Å². The van der Waals surface area contributed by atoms with E-state index < -0.39 is 11.9 Å². The molecule has 1 rings (SSSR count). The molecule has 0 heterocycles. The zero-order valence-electron chi connectivity index (χ0n) is 12.4. The van der Waals surface area contributed by atoms with Crippen LogP contribution in [0.15, 0.2) is 24.3 Å². The molecule has 0 aliphatic rings. The summed E-state index contributed by atoms with van der Waals surface area (Å²) >= 11 is 0. The first-order valence-electron chi connectivity index (χ1n) is 6.92. The number of carbonyl (C=O) groups excluding carboxylic acids is 2. The summed E-state index contributed by atoms with van der Waals surface area (Å²) in [7, 11) is 1.55. The van der Waals surface area contributed by atoms with Crippen LogP contribution in [0.2, 0.25) is 0 Å². The number of Topliss-reactive ketones (excluding diaryl/α,β-unsaturated/α-hetero) is 1. The molecule has 1 unspecified atom stereocenters. The minimum atomic E-state index is -0.799. The third kappa shape index (κ3) is 4.96. The highest BCUT2D eigenvalue weighted by molar-refractivity contribution is 6.08. The third-order valence-electron chi connectivity index (χ3n) is 3.08. The molecule has 0 N–H and O–H groups in total. The van der Waals surface area contributed by atoms with Crippen LogP contribution >= 0.6 is 0 Å². The van der Waals surface area contributed by atoms with Gasteiger partial charge < -0.3 is 9.47 Å². The Hall–Kier alpha value is -2.28. The topological polar surface area (TPSA) is 52.6 Å². The summed E-state index contributed by atoms with van der Waals surface area (Å²) in [6.45, 7) is 1.97. The van der Waals surface area contributed by atoms with E-state index in [1.54, 1.807) is 38.3 Å². The van der Waals surface area contributed by atoms with Crippen LogP contribution in [0.5, 0.6) is 5.75 Å². The first-order valence-corrected chi connectivity index (χ1v) is 6.92. The van der Waals surface area contributed by atoms with Crippen molar-refractivity contribution < 1.29 is 19.1 Å². The molecule has 0 saturated heterocycles. The van der Waals surface area contributed by atoms with Crippen LogP contribution in [0.4, 0.5) is 0 Å². The number of benzene rings is 1. The van der Waals surface area contributed by atoms with Crippen molar-refractivity contribution in [1.82, 2.24) is 0 Å². The van der Waals surface area contributed by atoms with E-state index in [9.17, 15) is 9.59 Å². The molecule has 0 saturated carbocycles. The number of esters is 1. The van der Waals surface area contributed by atoms with E-state index in [1.165, 1.54) is 0 Å². The maximum absolute atomic E-state index is 12.5. The summed E-state index contributed by atoms with van der Waals surface area (Å²) in [6, 6.07) is 6.68. The second kappa shape index (κ2) is 8.80. The number of ketones is 1. The maximum atomic E-state index is 12.5. The Balaban J connectivity index is 2.86. The van der Waals surface area contributed by atoms with Gasteiger partial charge in [-0.3, -0.25) is 9.59 Å². The van der Waals surface area contributed by atoms with Crippen LogP contribution in [0.3, 0.4) is 0 Å². The first kappa shape index (κ1) is 16.8. The molecule has 0 aliphatic carbocycles. The van der Waals surface area contributed by atoms with Crippen molar-refractivity contribution in [3.63, 3.8) is 0 Å². The van der Waals surface area contributed by atoms with Crippen LogP contribution in [0.1, 0.15) is 36.5 Å².